The van der Waals surface area contributed by atoms with E-state index >= 15 is 0 Å². The Morgan fingerprint density at radius 3 is 2.00 bits per heavy atom. The van der Waals surface area contributed by atoms with Crippen LogP contribution in [0.1, 0.15) is 75.1 Å². The van der Waals surface area contributed by atoms with Gasteiger partial charge in [-0.2, -0.15) is 0 Å². The number of hydrogen-bond donors (Lipinski definition) is 2. The van der Waals surface area contributed by atoms with Crippen LogP contribution >= 0.6 is 0 Å². The van der Waals surface area contributed by atoms with Crippen LogP contribution in [0.3, 0.4) is 0 Å². The van der Waals surface area contributed by atoms with E-state index in [-0.39, 0.29) is 16.6 Å². The molecule has 0 unspecified atom stereocenters. The molecule has 0 bridgehead atoms. The molecular weight excluding hydrogens is 298 g/mol. The number of ketones is 1. The van der Waals surface area contributed by atoms with Crippen LogP contribution in [0, 0.1) is 0 Å². The molecule has 0 amide bonds. The number of aryl methyl sites for hydroxylation is 1. The first kappa shape index (κ1) is 18.3. The van der Waals surface area contributed by atoms with Crippen molar-refractivity contribution < 1.29 is 9.90 Å². The Hall–Kier alpha value is -2.03. The van der Waals surface area contributed by atoms with Gasteiger partial charge in [0.1, 0.15) is 5.75 Å². The zero-order valence-corrected chi connectivity index (χ0v) is 15.7. The third-order valence-electron chi connectivity index (χ3n) is 4.32. The minimum absolute atomic E-state index is 0.114. The Morgan fingerprint density at radius 1 is 1.04 bits per heavy atom. The van der Waals surface area contributed by atoms with Gasteiger partial charge in [0, 0.05) is 12.6 Å². The lowest BCUT2D eigenvalue weighted by Gasteiger charge is -2.28. The van der Waals surface area contributed by atoms with Crippen molar-refractivity contribution in [1.82, 2.24) is 4.98 Å². The lowest BCUT2D eigenvalue weighted by molar-refractivity contribution is 0.0978. The maximum atomic E-state index is 12.2. The lowest BCUT2D eigenvalue weighted by atomic mass is 9.78. The molecule has 0 saturated carbocycles. The van der Waals surface area contributed by atoms with E-state index in [1.165, 1.54) is 0 Å². The second kappa shape index (κ2) is 6.46. The van der Waals surface area contributed by atoms with Crippen LogP contribution in [0.2, 0.25) is 0 Å². The number of aromatic nitrogens is 1. The number of aromatic amines is 1. The fourth-order valence-electron chi connectivity index (χ4n) is 2.88. The second-order valence-electron chi connectivity index (χ2n) is 8.55. The van der Waals surface area contributed by atoms with Crippen molar-refractivity contribution in [3.05, 3.63) is 52.8 Å². The maximum Gasteiger partial charge on any atom is 0.179 e. The van der Waals surface area contributed by atoms with E-state index in [2.05, 4.69) is 46.5 Å². The summed E-state index contributed by atoms with van der Waals surface area (Å²) in [4.78, 5) is 15.2. The maximum absolute atomic E-state index is 12.2. The molecule has 0 aliphatic heterocycles. The number of nitrogens with one attached hydrogen (secondary N) is 1. The van der Waals surface area contributed by atoms with E-state index in [0.717, 1.165) is 16.7 Å². The summed E-state index contributed by atoms with van der Waals surface area (Å²) >= 11 is 0. The van der Waals surface area contributed by atoms with Crippen LogP contribution < -0.4 is 0 Å². The fourth-order valence-corrected chi connectivity index (χ4v) is 2.88. The van der Waals surface area contributed by atoms with E-state index < -0.39 is 0 Å². The largest absolute Gasteiger partial charge is 0.507 e. The summed E-state index contributed by atoms with van der Waals surface area (Å²) in [7, 11) is 0. The minimum Gasteiger partial charge on any atom is -0.507 e. The Bertz CT molecular complexity index is 678. The van der Waals surface area contributed by atoms with Crippen LogP contribution in [-0.4, -0.2) is 15.9 Å². The van der Waals surface area contributed by atoms with Gasteiger partial charge in [0.2, 0.25) is 0 Å². The van der Waals surface area contributed by atoms with Crippen molar-refractivity contribution in [3.8, 4) is 5.75 Å². The smallest absolute Gasteiger partial charge is 0.179 e. The highest BCUT2D eigenvalue weighted by atomic mass is 16.3. The van der Waals surface area contributed by atoms with E-state index in [9.17, 15) is 9.90 Å². The lowest BCUT2D eigenvalue weighted by Crippen LogP contribution is -2.18. The summed E-state index contributed by atoms with van der Waals surface area (Å²) in [6, 6.07) is 7.74. The molecule has 0 radical (unpaired) electrons. The number of carbonyl (C=O) groups excluding carboxylic acids is 1. The highest BCUT2D eigenvalue weighted by molar-refractivity contribution is 5.94. The average Bonchev–Trinajstić information content (AvgIpc) is 2.97. The molecule has 24 heavy (non-hydrogen) atoms. The number of H-pyrrole nitrogens is 1. The van der Waals surface area contributed by atoms with Crippen molar-refractivity contribution in [1.29, 1.82) is 0 Å². The predicted molar refractivity (Wildman–Crippen MR) is 99.0 cm³/mol. The van der Waals surface area contributed by atoms with E-state index in [0.29, 0.717) is 24.3 Å². The van der Waals surface area contributed by atoms with Crippen LogP contribution in [0.15, 0.2) is 30.5 Å². The van der Waals surface area contributed by atoms with Crippen LogP contribution in [0.25, 0.3) is 0 Å². The summed E-state index contributed by atoms with van der Waals surface area (Å²) < 4.78 is 0. The van der Waals surface area contributed by atoms with Crippen molar-refractivity contribution in [2.75, 3.05) is 0 Å². The van der Waals surface area contributed by atoms with Gasteiger partial charge in [-0.3, -0.25) is 4.79 Å². The number of aromatic hydroxyl groups is 1. The number of Topliss-reactive ketones (excluding diaryl/α,β-unsaturated/α-hetero) is 1. The highest BCUT2D eigenvalue weighted by Gasteiger charge is 2.26. The minimum atomic E-state index is -0.149. The molecule has 0 aliphatic carbocycles. The molecule has 0 saturated heterocycles. The number of phenolic OH excluding ortho intramolecular Hbond substituents is 1. The number of phenols is 1. The molecule has 0 fully saturated rings. The molecule has 1 aromatic carbocycles. The molecule has 2 rings (SSSR count). The molecule has 2 N–H and O–H groups in total. The number of carbonyl (C=O) groups is 1. The van der Waals surface area contributed by atoms with Gasteiger partial charge in [0.25, 0.3) is 0 Å². The summed E-state index contributed by atoms with van der Waals surface area (Å²) in [6.07, 6.45) is 2.89. The highest BCUT2D eigenvalue weighted by Crippen LogP contribution is 2.40. The zero-order valence-electron chi connectivity index (χ0n) is 15.7. The summed E-state index contributed by atoms with van der Waals surface area (Å²) in [6.45, 7) is 12.6. The van der Waals surface area contributed by atoms with Crippen molar-refractivity contribution in [2.24, 2.45) is 0 Å². The predicted octanol–water partition coefficient (Wildman–Crippen LogP) is 5.13. The summed E-state index contributed by atoms with van der Waals surface area (Å²) in [5.41, 5.74) is 3.34. The van der Waals surface area contributed by atoms with Gasteiger partial charge in [-0.15, -0.1) is 0 Å². The van der Waals surface area contributed by atoms with Crippen molar-refractivity contribution >= 4 is 5.78 Å². The van der Waals surface area contributed by atoms with Crippen molar-refractivity contribution in [2.45, 2.75) is 65.2 Å². The summed E-state index contributed by atoms with van der Waals surface area (Å²) in [5, 5.41) is 10.7. The van der Waals surface area contributed by atoms with Gasteiger partial charge in [0.15, 0.2) is 5.78 Å². The van der Waals surface area contributed by atoms with E-state index in [1.807, 2.05) is 18.2 Å². The standard InChI is InChI=1S/C21H29NO2/c1-20(2,3)15-12-14(13-16(19(15)24)21(4,5)6)9-10-18(23)17-8-7-11-22-17/h7-8,11-13,22,24H,9-10H2,1-6H3. The molecule has 0 spiro atoms. The zero-order chi connectivity index (χ0) is 18.1. The molecule has 130 valence electrons. The average molecular weight is 327 g/mol. The molecular formula is C21H29NO2. The topological polar surface area (TPSA) is 53.1 Å². The first-order valence-electron chi connectivity index (χ1n) is 8.53. The monoisotopic (exact) mass is 327 g/mol. The molecule has 0 atom stereocenters. The number of benzene rings is 1. The van der Waals surface area contributed by atoms with Crippen LogP contribution in [0.5, 0.6) is 5.75 Å². The Kier molecular flexibility index (Phi) is 4.93. The van der Waals surface area contributed by atoms with Gasteiger partial charge in [-0.05, 0) is 46.1 Å². The number of rotatable bonds is 4. The SMILES string of the molecule is CC(C)(C)c1cc(CCC(=O)c2ccc[nH]2)cc(C(C)(C)C)c1O. The molecule has 3 heteroatoms. The van der Waals surface area contributed by atoms with Crippen LogP contribution in [-0.2, 0) is 17.3 Å². The van der Waals surface area contributed by atoms with Gasteiger partial charge >= 0.3 is 0 Å². The van der Waals surface area contributed by atoms with Crippen LogP contribution in [0.4, 0.5) is 0 Å². The Morgan fingerprint density at radius 2 is 1.58 bits per heavy atom. The summed E-state index contributed by atoms with van der Waals surface area (Å²) in [5.74, 6) is 0.497. The van der Waals surface area contributed by atoms with E-state index in [4.69, 9.17) is 0 Å². The van der Waals surface area contributed by atoms with E-state index in [1.54, 1.807) is 12.3 Å². The molecule has 1 heterocycles. The fraction of sp³-hybridized carbons (Fsp3) is 0.476. The first-order chi connectivity index (χ1) is 11.0. The quantitative estimate of drug-likeness (QED) is 0.765. The van der Waals surface area contributed by atoms with Gasteiger partial charge in [0.05, 0.1) is 5.69 Å². The Labute approximate surface area is 145 Å². The third kappa shape index (κ3) is 4.08. The number of hydrogen-bond acceptors (Lipinski definition) is 2. The normalized spacial score (nSPS) is 12.4. The first-order valence-corrected chi connectivity index (χ1v) is 8.53. The molecule has 2 aromatic rings. The Balaban J connectivity index is 2.34. The van der Waals surface area contributed by atoms with Crippen molar-refractivity contribution in [3.63, 3.8) is 0 Å². The molecule has 1 aromatic heterocycles. The second-order valence-corrected chi connectivity index (χ2v) is 8.55. The third-order valence-corrected chi connectivity index (χ3v) is 4.32. The van der Waals surface area contributed by atoms with Gasteiger partial charge < -0.3 is 10.1 Å². The molecule has 3 nitrogen and oxygen atoms in total. The van der Waals surface area contributed by atoms with Gasteiger partial charge in [-0.25, -0.2) is 0 Å². The van der Waals surface area contributed by atoms with Gasteiger partial charge in [-0.1, -0.05) is 53.7 Å². The molecule has 0 aliphatic rings.